The lowest BCUT2D eigenvalue weighted by molar-refractivity contribution is 0.0710. The minimum absolute atomic E-state index is 0.0281. The Morgan fingerprint density at radius 1 is 1.00 bits per heavy atom. The largest absolute Gasteiger partial charge is 0.386 e. The van der Waals surface area contributed by atoms with Crippen LogP contribution in [0.25, 0.3) is 22.0 Å². The van der Waals surface area contributed by atoms with E-state index in [0.29, 0.717) is 16.9 Å². The molecule has 6 rings (SSSR count). The number of hydrogen-bond donors (Lipinski definition) is 2. The fourth-order valence-corrected chi connectivity index (χ4v) is 6.36. The lowest BCUT2D eigenvalue weighted by Gasteiger charge is -2.29. The summed E-state index contributed by atoms with van der Waals surface area (Å²) >= 11 is 0. The van der Waals surface area contributed by atoms with Gasteiger partial charge in [-0.1, -0.05) is 48.5 Å². The lowest BCUT2D eigenvalue weighted by Crippen LogP contribution is -2.42. The van der Waals surface area contributed by atoms with Crippen molar-refractivity contribution in [1.82, 2.24) is 14.8 Å². The number of nitrogens with zero attached hydrogens (tertiary/aromatic N) is 4. The number of hydrogen-bond acceptors (Lipinski definition) is 6. The number of carbonyl (C=O) groups excluding carboxylic acids is 1. The van der Waals surface area contributed by atoms with Crippen LogP contribution in [0.15, 0.2) is 78.9 Å². The highest BCUT2D eigenvalue weighted by Crippen LogP contribution is 2.31. The molecule has 0 radical (unpaired) electrons. The molecule has 1 aromatic heterocycles. The van der Waals surface area contributed by atoms with Crippen LogP contribution >= 0.6 is 0 Å². The van der Waals surface area contributed by atoms with Gasteiger partial charge < -0.3 is 20.2 Å². The number of amides is 1. The molecule has 4 aromatic rings. The van der Waals surface area contributed by atoms with E-state index in [0.717, 1.165) is 66.6 Å². The molecule has 3 aromatic carbocycles. The van der Waals surface area contributed by atoms with E-state index in [2.05, 4.69) is 21.2 Å². The van der Waals surface area contributed by atoms with Crippen LogP contribution in [-0.4, -0.2) is 64.1 Å². The Hall–Kier alpha value is -4.25. The van der Waals surface area contributed by atoms with Crippen molar-refractivity contribution in [2.45, 2.75) is 50.8 Å². The molecule has 0 unspecified atom stereocenters. The summed E-state index contributed by atoms with van der Waals surface area (Å²) in [6.07, 6.45) is 3.76. The molecule has 2 saturated heterocycles. The van der Waals surface area contributed by atoms with Crippen LogP contribution in [0.1, 0.15) is 60.2 Å². The van der Waals surface area contributed by atoms with Gasteiger partial charge >= 0.3 is 0 Å². The van der Waals surface area contributed by atoms with Crippen molar-refractivity contribution in [3.8, 4) is 17.2 Å². The van der Waals surface area contributed by atoms with E-state index in [1.165, 1.54) is 12.8 Å². The van der Waals surface area contributed by atoms with Crippen LogP contribution in [0.4, 0.5) is 5.82 Å². The third-order valence-electron chi connectivity index (χ3n) is 8.68. The van der Waals surface area contributed by atoms with Gasteiger partial charge in [-0.25, -0.2) is 4.98 Å². The standard InChI is InChI=1S/C35H37N5O2/c1-24(34(41)27-8-3-2-4-9-27)37-33-21-31(35(42)40-19-7-10-29(40)23-39-17-5-6-18-39)30-20-28(15-16-32(30)38-33)26-13-11-25(22-36)12-14-26/h2-4,8-9,11-16,20-21,24,29,34,41H,5-7,10,17-19,23H2,1H3,(H,37,38)/t24-,29+,34-/m1/s1. The maximum Gasteiger partial charge on any atom is 0.254 e. The molecule has 2 fully saturated rings. The van der Waals surface area contributed by atoms with Crippen molar-refractivity contribution in [2.24, 2.45) is 0 Å². The molecule has 2 aliphatic rings. The normalized spacial score (nSPS) is 18.6. The zero-order chi connectivity index (χ0) is 29.1. The number of pyridine rings is 1. The molecule has 0 saturated carbocycles. The summed E-state index contributed by atoms with van der Waals surface area (Å²) in [4.78, 5) is 23.8. The molecule has 0 aliphatic carbocycles. The number of nitriles is 1. The zero-order valence-corrected chi connectivity index (χ0v) is 24.0. The summed E-state index contributed by atoms with van der Waals surface area (Å²) in [7, 11) is 0. The Labute approximate surface area is 247 Å². The fraction of sp³-hybridized carbons (Fsp3) is 0.343. The molecule has 7 heteroatoms. The van der Waals surface area contributed by atoms with Crippen molar-refractivity contribution in [3.05, 3.63) is 95.6 Å². The number of aromatic nitrogens is 1. The van der Waals surface area contributed by atoms with E-state index in [9.17, 15) is 15.2 Å². The van der Waals surface area contributed by atoms with Gasteiger partial charge in [-0.3, -0.25) is 4.79 Å². The molecule has 214 valence electrons. The highest BCUT2D eigenvalue weighted by molar-refractivity contribution is 6.08. The highest BCUT2D eigenvalue weighted by atomic mass is 16.3. The Kier molecular flexibility index (Phi) is 8.18. The molecular weight excluding hydrogens is 522 g/mol. The molecule has 3 heterocycles. The Balaban J connectivity index is 1.36. The second kappa shape index (κ2) is 12.3. The van der Waals surface area contributed by atoms with Gasteiger partial charge in [0.15, 0.2) is 0 Å². The summed E-state index contributed by atoms with van der Waals surface area (Å²) in [6, 6.07) is 27.0. The van der Waals surface area contributed by atoms with E-state index in [1.807, 2.05) is 85.8 Å². The van der Waals surface area contributed by atoms with E-state index in [4.69, 9.17) is 4.98 Å². The van der Waals surface area contributed by atoms with Crippen LogP contribution in [-0.2, 0) is 0 Å². The van der Waals surface area contributed by atoms with Crippen LogP contribution in [0.5, 0.6) is 0 Å². The van der Waals surface area contributed by atoms with Crippen LogP contribution in [0, 0.1) is 11.3 Å². The van der Waals surface area contributed by atoms with Gasteiger partial charge in [0.25, 0.3) is 5.91 Å². The number of rotatable bonds is 8. The number of anilines is 1. The van der Waals surface area contributed by atoms with E-state index in [-0.39, 0.29) is 18.0 Å². The molecule has 0 bridgehead atoms. The first-order valence-corrected chi connectivity index (χ1v) is 15.0. The second-order valence-corrected chi connectivity index (χ2v) is 11.6. The van der Waals surface area contributed by atoms with Gasteiger partial charge in [0.2, 0.25) is 0 Å². The summed E-state index contributed by atoms with van der Waals surface area (Å²) < 4.78 is 0. The second-order valence-electron chi connectivity index (χ2n) is 11.6. The fourth-order valence-electron chi connectivity index (χ4n) is 6.36. The first-order chi connectivity index (χ1) is 20.5. The number of fused-ring (bicyclic) bond motifs is 1. The Bertz CT molecular complexity index is 1590. The van der Waals surface area contributed by atoms with Gasteiger partial charge in [0, 0.05) is 24.5 Å². The molecule has 0 spiro atoms. The average molecular weight is 560 g/mol. The number of likely N-dealkylation sites (tertiary alicyclic amines) is 2. The van der Waals surface area contributed by atoms with E-state index in [1.54, 1.807) is 0 Å². The van der Waals surface area contributed by atoms with Crippen molar-refractivity contribution in [3.63, 3.8) is 0 Å². The summed E-state index contributed by atoms with van der Waals surface area (Å²) in [5.41, 5.74) is 4.71. The maximum absolute atomic E-state index is 14.3. The molecule has 2 aliphatic heterocycles. The predicted octanol–water partition coefficient (Wildman–Crippen LogP) is 6.01. The topological polar surface area (TPSA) is 92.5 Å². The van der Waals surface area contributed by atoms with Gasteiger partial charge in [-0.2, -0.15) is 5.26 Å². The molecule has 1 amide bonds. The Morgan fingerprint density at radius 2 is 1.74 bits per heavy atom. The predicted molar refractivity (Wildman–Crippen MR) is 166 cm³/mol. The molecule has 3 atom stereocenters. The lowest BCUT2D eigenvalue weighted by atomic mass is 9.99. The van der Waals surface area contributed by atoms with Crippen molar-refractivity contribution in [2.75, 3.05) is 31.5 Å². The van der Waals surface area contributed by atoms with Gasteiger partial charge in [-0.15, -0.1) is 0 Å². The van der Waals surface area contributed by atoms with Crippen LogP contribution < -0.4 is 5.32 Å². The molecular formula is C35H37N5O2. The number of aliphatic hydroxyl groups excluding tert-OH is 1. The van der Waals surface area contributed by atoms with Crippen molar-refractivity contribution in [1.29, 1.82) is 5.26 Å². The summed E-state index contributed by atoms with van der Waals surface area (Å²) in [6.45, 7) is 5.82. The molecule has 42 heavy (non-hydrogen) atoms. The number of aliphatic hydroxyl groups is 1. The summed E-state index contributed by atoms with van der Waals surface area (Å²) in [5.74, 6) is 0.593. The average Bonchev–Trinajstić information content (AvgIpc) is 3.73. The Morgan fingerprint density at radius 3 is 2.48 bits per heavy atom. The maximum atomic E-state index is 14.3. The number of carbonyl (C=O) groups is 1. The molecule has 2 N–H and O–H groups in total. The van der Waals surface area contributed by atoms with E-state index >= 15 is 0 Å². The van der Waals surface area contributed by atoms with Gasteiger partial charge in [0.05, 0.1) is 34.9 Å². The van der Waals surface area contributed by atoms with Crippen molar-refractivity contribution >= 4 is 22.6 Å². The highest BCUT2D eigenvalue weighted by Gasteiger charge is 2.32. The van der Waals surface area contributed by atoms with Crippen LogP contribution in [0.2, 0.25) is 0 Å². The third kappa shape index (κ3) is 5.87. The third-order valence-corrected chi connectivity index (χ3v) is 8.68. The minimum Gasteiger partial charge on any atom is -0.386 e. The number of nitrogens with one attached hydrogen (secondary N) is 1. The smallest absolute Gasteiger partial charge is 0.254 e. The van der Waals surface area contributed by atoms with Gasteiger partial charge in [0.1, 0.15) is 5.82 Å². The van der Waals surface area contributed by atoms with E-state index < -0.39 is 6.10 Å². The number of benzene rings is 3. The first kappa shape index (κ1) is 27.9. The molecule has 7 nitrogen and oxygen atoms in total. The first-order valence-electron chi connectivity index (χ1n) is 15.0. The minimum atomic E-state index is -0.731. The van der Waals surface area contributed by atoms with Gasteiger partial charge in [-0.05, 0) is 92.7 Å². The summed E-state index contributed by atoms with van der Waals surface area (Å²) in [5, 5.41) is 24.4. The zero-order valence-electron chi connectivity index (χ0n) is 24.0. The monoisotopic (exact) mass is 559 g/mol. The quantitative estimate of drug-likeness (QED) is 0.275. The van der Waals surface area contributed by atoms with Crippen molar-refractivity contribution < 1.29 is 9.90 Å². The van der Waals surface area contributed by atoms with Crippen LogP contribution in [0.3, 0.4) is 0 Å². The SMILES string of the molecule is C[C@@H](Nc1cc(C(=O)N2CCC[C@H]2CN2CCCC2)c2cc(-c3ccc(C#N)cc3)ccc2n1)[C@@H](O)c1ccccc1.